The molecule has 3 fully saturated rings. The summed E-state index contributed by atoms with van der Waals surface area (Å²) in [5.74, 6) is 6.60. The summed E-state index contributed by atoms with van der Waals surface area (Å²) in [5, 5.41) is 10.9. The number of ether oxygens (including phenoxy) is 1. The Kier molecular flexibility index (Phi) is 4.70. The minimum atomic E-state index is -0.0724. The summed E-state index contributed by atoms with van der Waals surface area (Å²) in [5.41, 5.74) is 1.02. The molecule has 3 aliphatic rings. The van der Waals surface area contributed by atoms with Gasteiger partial charge >= 0.3 is 0 Å². The van der Waals surface area contributed by atoms with E-state index in [4.69, 9.17) is 9.84 Å². The Labute approximate surface area is 142 Å². The van der Waals surface area contributed by atoms with Crippen LogP contribution in [0.2, 0.25) is 0 Å². The van der Waals surface area contributed by atoms with E-state index in [1.54, 1.807) is 11.3 Å². The summed E-state index contributed by atoms with van der Waals surface area (Å²) < 4.78 is 5.89. The number of morpholine rings is 1. The highest BCUT2D eigenvalue weighted by Gasteiger charge is 2.42. The number of hydrogen-bond acceptors (Lipinski definition) is 5. The minimum Gasteiger partial charge on any atom is -0.384 e. The van der Waals surface area contributed by atoms with Crippen molar-refractivity contribution in [3.63, 3.8) is 0 Å². The zero-order valence-electron chi connectivity index (χ0n) is 13.4. The van der Waals surface area contributed by atoms with Crippen LogP contribution in [0.3, 0.4) is 0 Å². The van der Waals surface area contributed by atoms with Crippen LogP contribution in [-0.2, 0) is 11.3 Å². The summed E-state index contributed by atoms with van der Waals surface area (Å²) in [6.45, 7) is 6.20. The maximum atomic E-state index is 8.78. The third-order valence-corrected chi connectivity index (χ3v) is 6.07. The van der Waals surface area contributed by atoms with Gasteiger partial charge < -0.3 is 9.84 Å². The number of thiophene rings is 1. The van der Waals surface area contributed by atoms with Gasteiger partial charge in [0.15, 0.2) is 0 Å². The number of piperazine rings is 1. The van der Waals surface area contributed by atoms with Crippen molar-refractivity contribution in [2.45, 2.75) is 31.5 Å². The van der Waals surface area contributed by atoms with Gasteiger partial charge in [-0.1, -0.05) is 11.8 Å². The predicted molar refractivity (Wildman–Crippen MR) is 91.4 cm³/mol. The summed E-state index contributed by atoms with van der Waals surface area (Å²) in [6, 6.07) is 3.40. The molecule has 5 heteroatoms. The molecule has 0 bridgehead atoms. The van der Waals surface area contributed by atoms with Crippen LogP contribution < -0.4 is 0 Å². The van der Waals surface area contributed by atoms with Crippen molar-refractivity contribution in [3.8, 4) is 11.8 Å². The molecule has 1 N–H and O–H groups in total. The standard InChI is InChI=1S/C18H24N2O2S/c21-7-1-2-14-8-17(23-13-14)10-19-5-6-20-16(9-19)11-22-12-18(20)15-3-4-15/h8,13,15-16,18,21H,3-7,9-12H2/t16-,18-/m1/s1. The normalized spacial score (nSPS) is 28.9. The van der Waals surface area contributed by atoms with Crippen molar-refractivity contribution in [3.05, 3.63) is 21.9 Å². The van der Waals surface area contributed by atoms with E-state index in [0.717, 1.165) is 44.3 Å². The summed E-state index contributed by atoms with van der Waals surface area (Å²) >= 11 is 1.77. The second kappa shape index (κ2) is 6.92. The van der Waals surface area contributed by atoms with E-state index >= 15 is 0 Å². The molecule has 1 aromatic heterocycles. The lowest BCUT2D eigenvalue weighted by atomic mass is 10.0. The molecule has 0 aromatic carbocycles. The van der Waals surface area contributed by atoms with Crippen molar-refractivity contribution in [1.82, 2.24) is 9.80 Å². The summed E-state index contributed by atoms with van der Waals surface area (Å²) in [4.78, 5) is 6.63. The molecule has 23 heavy (non-hydrogen) atoms. The third kappa shape index (κ3) is 3.62. The number of rotatable bonds is 3. The Morgan fingerprint density at radius 2 is 2.22 bits per heavy atom. The van der Waals surface area contributed by atoms with Crippen LogP contribution in [0.4, 0.5) is 0 Å². The molecule has 2 atom stereocenters. The van der Waals surface area contributed by atoms with Crippen molar-refractivity contribution >= 4 is 11.3 Å². The van der Waals surface area contributed by atoms with Gasteiger partial charge in [0.2, 0.25) is 0 Å². The third-order valence-electron chi connectivity index (χ3n) is 5.15. The average molecular weight is 332 g/mol. The zero-order valence-corrected chi connectivity index (χ0v) is 14.2. The number of hydrogen-bond donors (Lipinski definition) is 1. The maximum absolute atomic E-state index is 8.78. The first-order chi connectivity index (χ1) is 11.3. The van der Waals surface area contributed by atoms with E-state index < -0.39 is 0 Å². The molecule has 124 valence electrons. The number of fused-ring (bicyclic) bond motifs is 1. The largest absolute Gasteiger partial charge is 0.384 e. The molecule has 0 unspecified atom stereocenters. The lowest BCUT2D eigenvalue weighted by Crippen LogP contribution is -2.62. The molecule has 4 nitrogen and oxygen atoms in total. The smallest absolute Gasteiger partial charge is 0.104 e. The average Bonchev–Trinajstić information content (AvgIpc) is 3.33. The van der Waals surface area contributed by atoms with Crippen molar-refractivity contribution in [1.29, 1.82) is 0 Å². The van der Waals surface area contributed by atoms with Gasteiger partial charge in [-0.25, -0.2) is 0 Å². The quantitative estimate of drug-likeness (QED) is 0.849. The number of aliphatic hydroxyl groups excluding tert-OH is 1. The van der Waals surface area contributed by atoms with Gasteiger partial charge in [-0.3, -0.25) is 9.80 Å². The van der Waals surface area contributed by atoms with Crippen LogP contribution >= 0.6 is 11.3 Å². The van der Waals surface area contributed by atoms with Gasteiger partial charge in [0.1, 0.15) is 6.61 Å². The molecule has 2 saturated heterocycles. The highest BCUT2D eigenvalue weighted by Crippen LogP contribution is 2.38. The molecular weight excluding hydrogens is 308 g/mol. The first-order valence-corrected chi connectivity index (χ1v) is 9.44. The molecule has 1 aromatic rings. The highest BCUT2D eigenvalue weighted by molar-refractivity contribution is 7.10. The van der Waals surface area contributed by atoms with Crippen LogP contribution in [0, 0.1) is 17.8 Å². The van der Waals surface area contributed by atoms with E-state index in [1.807, 2.05) is 0 Å². The highest BCUT2D eigenvalue weighted by atomic mass is 32.1. The molecule has 4 rings (SSSR count). The van der Waals surface area contributed by atoms with Gasteiger partial charge in [-0.05, 0) is 24.8 Å². The van der Waals surface area contributed by atoms with E-state index in [0.29, 0.717) is 12.1 Å². The topological polar surface area (TPSA) is 35.9 Å². The SMILES string of the molecule is OCC#Cc1csc(CN2CCN3[C@@H](COC[C@@H]3C3CC3)C2)c1. The van der Waals surface area contributed by atoms with Gasteiger partial charge in [0.05, 0.1) is 13.2 Å². The van der Waals surface area contributed by atoms with E-state index in [9.17, 15) is 0 Å². The van der Waals surface area contributed by atoms with Crippen LogP contribution in [-0.4, -0.2) is 66.4 Å². The molecule has 1 saturated carbocycles. The lowest BCUT2D eigenvalue weighted by Gasteiger charge is -2.48. The van der Waals surface area contributed by atoms with Crippen LogP contribution in [0.1, 0.15) is 23.3 Å². The molecule has 1 aliphatic carbocycles. The fourth-order valence-electron chi connectivity index (χ4n) is 3.86. The van der Waals surface area contributed by atoms with E-state index in [2.05, 4.69) is 33.1 Å². The Hall–Kier alpha value is -0.900. The summed E-state index contributed by atoms with van der Waals surface area (Å²) in [7, 11) is 0. The zero-order chi connectivity index (χ0) is 15.6. The Bertz CT molecular complexity index is 602. The Balaban J connectivity index is 1.35. The number of nitrogens with zero attached hydrogens (tertiary/aromatic N) is 2. The lowest BCUT2D eigenvalue weighted by molar-refractivity contribution is -0.0878. The first kappa shape index (κ1) is 15.6. The van der Waals surface area contributed by atoms with Gasteiger partial charge in [0, 0.05) is 54.1 Å². The first-order valence-electron chi connectivity index (χ1n) is 8.56. The monoisotopic (exact) mass is 332 g/mol. The Morgan fingerprint density at radius 3 is 3.04 bits per heavy atom. The molecule has 0 radical (unpaired) electrons. The van der Waals surface area contributed by atoms with Crippen LogP contribution in [0.5, 0.6) is 0 Å². The van der Waals surface area contributed by atoms with E-state index in [1.165, 1.54) is 24.3 Å². The molecule has 2 aliphatic heterocycles. The summed E-state index contributed by atoms with van der Waals surface area (Å²) in [6.07, 6.45) is 2.79. The second-order valence-electron chi connectivity index (χ2n) is 6.83. The van der Waals surface area contributed by atoms with Gasteiger partial charge in [0.25, 0.3) is 0 Å². The van der Waals surface area contributed by atoms with Gasteiger partial charge in [-0.2, -0.15) is 0 Å². The van der Waals surface area contributed by atoms with E-state index in [-0.39, 0.29) is 6.61 Å². The predicted octanol–water partition coefficient (Wildman–Crippen LogP) is 1.39. The maximum Gasteiger partial charge on any atom is 0.104 e. The van der Waals surface area contributed by atoms with Crippen molar-refractivity contribution in [2.75, 3.05) is 39.5 Å². The minimum absolute atomic E-state index is 0.0724. The second-order valence-corrected chi connectivity index (χ2v) is 7.83. The fraction of sp³-hybridized carbons (Fsp3) is 0.667. The molecular formula is C18H24N2O2S. The van der Waals surface area contributed by atoms with Crippen LogP contribution in [0.15, 0.2) is 11.4 Å². The molecule has 3 heterocycles. The van der Waals surface area contributed by atoms with Gasteiger partial charge in [-0.15, -0.1) is 11.3 Å². The molecule has 0 amide bonds. The van der Waals surface area contributed by atoms with Crippen molar-refractivity contribution < 1.29 is 9.84 Å². The molecule has 0 spiro atoms. The van der Waals surface area contributed by atoms with Crippen LogP contribution in [0.25, 0.3) is 0 Å². The fourth-order valence-corrected chi connectivity index (χ4v) is 4.72. The Morgan fingerprint density at radius 1 is 1.30 bits per heavy atom. The number of aliphatic hydroxyl groups is 1. The van der Waals surface area contributed by atoms with Crippen molar-refractivity contribution in [2.24, 2.45) is 5.92 Å².